The van der Waals surface area contributed by atoms with Crippen molar-refractivity contribution >= 4 is 0 Å². The van der Waals surface area contributed by atoms with E-state index in [2.05, 4.69) is 5.32 Å². The lowest BCUT2D eigenvalue weighted by atomic mass is 9.99. The molecule has 0 amide bonds. The van der Waals surface area contributed by atoms with Crippen molar-refractivity contribution in [2.24, 2.45) is 5.73 Å². The first-order chi connectivity index (χ1) is 8.03. The van der Waals surface area contributed by atoms with Gasteiger partial charge in [-0.05, 0) is 12.5 Å². The minimum absolute atomic E-state index is 0.200. The molecule has 0 aliphatic rings. The van der Waals surface area contributed by atoms with Crippen molar-refractivity contribution in [3.05, 3.63) is 35.9 Å². The lowest BCUT2D eigenvalue weighted by Gasteiger charge is -2.33. The zero-order chi connectivity index (χ0) is 12.9. The van der Waals surface area contributed by atoms with E-state index in [0.29, 0.717) is 0 Å². The summed E-state index contributed by atoms with van der Waals surface area (Å²) in [4.78, 5) is 0. The van der Waals surface area contributed by atoms with E-state index in [1.165, 1.54) is 6.92 Å². The van der Waals surface area contributed by atoms with Crippen LogP contribution in [0.4, 0.5) is 8.78 Å². The molecule has 0 saturated carbocycles. The first kappa shape index (κ1) is 14.0. The first-order valence-corrected chi connectivity index (χ1v) is 5.45. The Balaban J connectivity index is 2.83. The molecule has 1 rings (SSSR count). The van der Waals surface area contributed by atoms with Gasteiger partial charge in [-0.3, -0.25) is 5.32 Å². The van der Waals surface area contributed by atoms with Crippen molar-refractivity contribution in [1.29, 1.82) is 0 Å². The SMILES string of the molecule is CC(CN)(NC(CO)c1ccccc1)C(F)F. The van der Waals surface area contributed by atoms with Crippen LogP contribution >= 0.6 is 0 Å². The molecule has 96 valence electrons. The first-order valence-electron chi connectivity index (χ1n) is 5.45. The molecule has 0 heterocycles. The van der Waals surface area contributed by atoms with Crippen LogP contribution in [0, 0.1) is 0 Å². The summed E-state index contributed by atoms with van der Waals surface area (Å²) in [6, 6.07) is 8.42. The van der Waals surface area contributed by atoms with Crippen molar-refractivity contribution in [3.63, 3.8) is 0 Å². The van der Waals surface area contributed by atoms with Crippen molar-refractivity contribution < 1.29 is 13.9 Å². The zero-order valence-electron chi connectivity index (χ0n) is 9.74. The van der Waals surface area contributed by atoms with Gasteiger partial charge in [0.1, 0.15) is 0 Å². The van der Waals surface area contributed by atoms with Crippen LogP contribution in [0.1, 0.15) is 18.5 Å². The number of hydrogen-bond acceptors (Lipinski definition) is 3. The molecular weight excluding hydrogens is 226 g/mol. The van der Waals surface area contributed by atoms with Crippen molar-refractivity contribution in [1.82, 2.24) is 5.32 Å². The molecule has 1 aromatic rings. The molecule has 0 radical (unpaired) electrons. The van der Waals surface area contributed by atoms with E-state index in [9.17, 15) is 13.9 Å². The van der Waals surface area contributed by atoms with Crippen LogP contribution in [-0.4, -0.2) is 30.2 Å². The second kappa shape index (κ2) is 6.05. The molecule has 3 nitrogen and oxygen atoms in total. The fourth-order valence-electron chi connectivity index (χ4n) is 1.53. The summed E-state index contributed by atoms with van der Waals surface area (Å²) in [7, 11) is 0. The van der Waals surface area contributed by atoms with Crippen molar-refractivity contribution in [2.75, 3.05) is 13.2 Å². The molecule has 0 aliphatic heterocycles. The lowest BCUT2D eigenvalue weighted by Crippen LogP contribution is -2.55. The van der Waals surface area contributed by atoms with Crippen LogP contribution in [0.25, 0.3) is 0 Å². The van der Waals surface area contributed by atoms with E-state index in [1.54, 1.807) is 24.3 Å². The third-order valence-corrected chi connectivity index (χ3v) is 2.79. The van der Waals surface area contributed by atoms with E-state index in [-0.39, 0.29) is 13.2 Å². The Morgan fingerprint density at radius 2 is 1.94 bits per heavy atom. The Morgan fingerprint density at radius 1 is 1.35 bits per heavy atom. The van der Waals surface area contributed by atoms with E-state index in [1.807, 2.05) is 6.07 Å². The van der Waals surface area contributed by atoms with Crippen molar-refractivity contribution in [2.45, 2.75) is 24.9 Å². The molecule has 0 fully saturated rings. The highest BCUT2D eigenvalue weighted by atomic mass is 19.3. The average molecular weight is 244 g/mol. The molecule has 0 aromatic heterocycles. The summed E-state index contributed by atoms with van der Waals surface area (Å²) in [6.07, 6.45) is -2.59. The Labute approximate surface area is 99.6 Å². The Hall–Kier alpha value is -1.04. The van der Waals surface area contributed by atoms with Gasteiger partial charge < -0.3 is 10.8 Å². The van der Waals surface area contributed by atoms with E-state index < -0.39 is 18.0 Å². The molecule has 4 N–H and O–H groups in total. The van der Waals surface area contributed by atoms with Crippen LogP contribution < -0.4 is 11.1 Å². The van der Waals surface area contributed by atoms with Gasteiger partial charge in [-0.1, -0.05) is 30.3 Å². The summed E-state index contributed by atoms with van der Waals surface area (Å²) in [5.74, 6) is 0. The molecule has 0 saturated heterocycles. The number of rotatable bonds is 6. The average Bonchev–Trinajstić information content (AvgIpc) is 2.36. The molecule has 5 heteroatoms. The van der Waals surface area contributed by atoms with Crippen LogP contribution in [0.15, 0.2) is 30.3 Å². The number of nitrogens with two attached hydrogens (primary N) is 1. The number of halogens is 2. The van der Waals surface area contributed by atoms with E-state index >= 15 is 0 Å². The Kier molecular flexibility index (Phi) is 4.99. The number of benzene rings is 1. The molecule has 2 unspecified atom stereocenters. The van der Waals surface area contributed by atoms with Crippen LogP contribution in [-0.2, 0) is 0 Å². The highest BCUT2D eigenvalue weighted by Gasteiger charge is 2.35. The predicted octanol–water partition coefficient (Wildman–Crippen LogP) is 1.29. The molecular formula is C12H18F2N2O. The molecule has 1 aromatic carbocycles. The van der Waals surface area contributed by atoms with Gasteiger partial charge in [0, 0.05) is 6.54 Å². The van der Waals surface area contributed by atoms with Gasteiger partial charge >= 0.3 is 0 Å². The fourth-order valence-corrected chi connectivity index (χ4v) is 1.53. The largest absolute Gasteiger partial charge is 0.394 e. The molecule has 2 atom stereocenters. The Bertz CT molecular complexity index is 335. The highest BCUT2D eigenvalue weighted by molar-refractivity contribution is 5.19. The zero-order valence-corrected chi connectivity index (χ0v) is 9.74. The normalized spacial score (nSPS) is 16.8. The molecule has 0 aliphatic carbocycles. The second-order valence-corrected chi connectivity index (χ2v) is 4.21. The summed E-state index contributed by atoms with van der Waals surface area (Å²) >= 11 is 0. The third kappa shape index (κ3) is 3.46. The topological polar surface area (TPSA) is 58.3 Å². The van der Waals surface area contributed by atoms with Crippen LogP contribution in [0.2, 0.25) is 0 Å². The number of aliphatic hydroxyl groups is 1. The quantitative estimate of drug-likeness (QED) is 0.706. The standard InChI is InChI=1S/C12H18F2N2O/c1-12(8-15,11(13)14)16-10(7-17)9-5-3-2-4-6-9/h2-6,10-11,16-17H,7-8,15H2,1H3. The summed E-state index contributed by atoms with van der Waals surface area (Å²) in [5.41, 5.74) is 4.63. The van der Waals surface area contributed by atoms with Gasteiger partial charge in [0.15, 0.2) is 0 Å². The lowest BCUT2D eigenvalue weighted by molar-refractivity contribution is 0.0320. The summed E-state index contributed by atoms with van der Waals surface area (Å²) in [5, 5.41) is 12.0. The predicted molar refractivity (Wildman–Crippen MR) is 62.9 cm³/mol. The highest BCUT2D eigenvalue weighted by Crippen LogP contribution is 2.20. The van der Waals surface area contributed by atoms with Gasteiger partial charge in [0.2, 0.25) is 0 Å². The van der Waals surface area contributed by atoms with Gasteiger partial charge in [0.25, 0.3) is 6.43 Å². The minimum atomic E-state index is -2.59. The summed E-state index contributed by atoms with van der Waals surface area (Å²) in [6.45, 7) is 0.892. The maximum Gasteiger partial charge on any atom is 0.257 e. The second-order valence-electron chi connectivity index (χ2n) is 4.21. The third-order valence-electron chi connectivity index (χ3n) is 2.79. The van der Waals surface area contributed by atoms with Gasteiger partial charge in [-0.25, -0.2) is 8.78 Å². The van der Waals surface area contributed by atoms with Gasteiger partial charge in [-0.15, -0.1) is 0 Å². The maximum atomic E-state index is 12.9. The number of aliphatic hydroxyl groups excluding tert-OH is 1. The number of alkyl halides is 2. The van der Waals surface area contributed by atoms with Gasteiger partial charge in [-0.2, -0.15) is 0 Å². The van der Waals surface area contributed by atoms with Crippen LogP contribution in [0.3, 0.4) is 0 Å². The monoisotopic (exact) mass is 244 g/mol. The van der Waals surface area contributed by atoms with Crippen molar-refractivity contribution in [3.8, 4) is 0 Å². The van der Waals surface area contributed by atoms with E-state index in [0.717, 1.165) is 5.56 Å². The molecule has 0 spiro atoms. The maximum absolute atomic E-state index is 12.9. The number of hydrogen-bond donors (Lipinski definition) is 3. The molecule has 0 bridgehead atoms. The van der Waals surface area contributed by atoms with Crippen LogP contribution in [0.5, 0.6) is 0 Å². The fraction of sp³-hybridized carbons (Fsp3) is 0.500. The van der Waals surface area contributed by atoms with E-state index in [4.69, 9.17) is 5.73 Å². The minimum Gasteiger partial charge on any atom is -0.394 e. The Morgan fingerprint density at radius 3 is 2.35 bits per heavy atom. The van der Waals surface area contributed by atoms with Gasteiger partial charge in [0.05, 0.1) is 18.2 Å². The summed E-state index contributed by atoms with van der Waals surface area (Å²) < 4.78 is 25.7. The molecule has 17 heavy (non-hydrogen) atoms. The smallest absolute Gasteiger partial charge is 0.257 e. The number of nitrogens with one attached hydrogen (secondary N) is 1.